The second-order valence-corrected chi connectivity index (χ2v) is 5.83. The molecule has 4 heteroatoms. The first-order valence-corrected chi connectivity index (χ1v) is 7.69. The molecule has 3 nitrogen and oxygen atoms in total. The summed E-state index contributed by atoms with van der Waals surface area (Å²) in [5.74, 6) is 2.52. The third-order valence-corrected chi connectivity index (χ3v) is 3.48. The van der Waals surface area contributed by atoms with E-state index in [1.807, 2.05) is 6.92 Å². The SMILES string of the molecule is CCCc1nc(Cl)c(C)c(NCCCCC(C)C)n1. The Kier molecular flexibility index (Phi) is 7.14. The quantitative estimate of drug-likeness (QED) is 0.558. The van der Waals surface area contributed by atoms with E-state index >= 15 is 0 Å². The molecular weight excluding hydrogens is 258 g/mol. The van der Waals surface area contributed by atoms with Crippen molar-refractivity contribution in [3.8, 4) is 0 Å². The van der Waals surface area contributed by atoms with Crippen molar-refractivity contribution in [2.45, 2.75) is 59.8 Å². The Balaban J connectivity index is 2.52. The Bertz CT molecular complexity index is 391. The predicted octanol–water partition coefficient (Wildman–Crippen LogP) is 4.63. The highest BCUT2D eigenvalue weighted by atomic mass is 35.5. The van der Waals surface area contributed by atoms with Crippen LogP contribution in [0.25, 0.3) is 0 Å². The lowest BCUT2D eigenvalue weighted by Gasteiger charge is -2.11. The van der Waals surface area contributed by atoms with Crippen LogP contribution in [0.3, 0.4) is 0 Å². The number of unbranched alkanes of at least 4 members (excludes halogenated alkanes) is 1. The number of hydrogen-bond acceptors (Lipinski definition) is 3. The van der Waals surface area contributed by atoms with Crippen molar-refractivity contribution in [3.05, 3.63) is 16.5 Å². The van der Waals surface area contributed by atoms with Crippen LogP contribution in [0, 0.1) is 12.8 Å². The topological polar surface area (TPSA) is 37.8 Å². The number of rotatable bonds is 8. The average Bonchev–Trinajstić information content (AvgIpc) is 2.34. The van der Waals surface area contributed by atoms with Gasteiger partial charge in [-0.3, -0.25) is 0 Å². The molecule has 0 bridgehead atoms. The van der Waals surface area contributed by atoms with Crippen LogP contribution in [0.5, 0.6) is 0 Å². The van der Waals surface area contributed by atoms with Gasteiger partial charge < -0.3 is 5.32 Å². The summed E-state index contributed by atoms with van der Waals surface area (Å²) in [4.78, 5) is 8.85. The lowest BCUT2D eigenvalue weighted by atomic mass is 10.1. The molecule has 1 rings (SSSR count). The molecule has 0 spiro atoms. The zero-order chi connectivity index (χ0) is 14.3. The number of nitrogens with one attached hydrogen (secondary N) is 1. The first-order chi connectivity index (χ1) is 9.04. The number of nitrogens with zero attached hydrogens (tertiary/aromatic N) is 2. The lowest BCUT2D eigenvalue weighted by Crippen LogP contribution is -2.09. The van der Waals surface area contributed by atoms with Gasteiger partial charge in [0, 0.05) is 18.5 Å². The molecule has 0 aromatic carbocycles. The van der Waals surface area contributed by atoms with Gasteiger partial charge in [-0.15, -0.1) is 0 Å². The monoisotopic (exact) mass is 283 g/mol. The summed E-state index contributed by atoms with van der Waals surface area (Å²) in [6, 6.07) is 0. The van der Waals surface area contributed by atoms with Crippen molar-refractivity contribution in [2.24, 2.45) is 5.92 Å². The van der Waals surface area contributed by atoms with Crippen molar-refractivity contribution in [3.63, 3.8) is 0 Å². The largest absolute Gasteiger partial charge is 0.370 e. The maximum atomic E-state index is 6.15. The normalized spacial score (nSPS) is 11.1. The van der Waals surface area contributed by atoms with Crippen molar-refractivity contribution >= 4 is 17.4 Å². The standard InChI is InChI=1S/C15H26ClN3/c1-5-8-13-18-14(16)12(4)15(19-13)17-10-7-6-9-11(2)3/h11H,5-10H2,1-4H3,(H,17,18,19). The number of aromatic nitrogens is 2. The van der Waals surface area contributed by atoms with Crippen molar-refractivity contribution in [1.82, 2.24) is 9.97 Å². The number of hydrogen-bond donors (Lipinski definition) is 1. The maximum Gasteiger partial charge on any atom is 0.137 e. The summed E-state index contributed by atoms with van der Waals surface area (Å²) < 4.78 is 0. The van der Waals surface area contributed by atoms with E-state index in [4.69, 9.17) is 11.6 Å². The molecule has 0 aliphatic heterocycles. The number of halogens is 1. The van der Waals surface area contributed by atoms with Crippen molar-refractivity contribution < 1.29 is 0 Å². The van der Waals surface area contributed by atoms with E-state index in [-0.39, 0.29) is 0 Å². The molecule has 19 heavy (non-hydrogen) atoms. The van der Waals surface area contributed by atoms with Gasteiger partial charge in [0.2, 0.25) is 0 Å². The van der Waals surface area contributed by atoms with E-state index in [1.165, 1.54) is 19.3 Å². The van der Waals surface area contributed by atoms with Gasteiger partial charge in [0.05, 0.1) is 0 Å². The minimum absolute atomic E-state index is 0.572. The van der Waals surface area contributed by atoms with Gasteiger partial charge in [0.15, 0.2) is 0 Å². The van der Waals surface area contributed by atoms with Crippen LogP contribution < -0.4 is 5.32 Å². The Hall–Kier alpha value is -0.830. The van der Waals surface area contributed by atoms with Gasteiger partial charge in [-0.2, -0.15) is 0 Å². The summed E-state index contributed by atoms with van der Waals surface area (Å²) in [6.07, 6.45) is 5.62. The Morgan fingerprint density at radius 2 is 1.95 bits per heavy atom. The molecule has 0 amide bonds. The summed E-state index contributed by atoms with van der Waals surface area (Å²) in [7, 11) is 0. The minimum atomic E-state index is 0.572. The van der Waals surface area contributed by atoms with Crippen molar-refractivity contribution in [1.29, 1.82) is 0 Å². The van der Waals surface area contributed by atoms with Gasteiger partial charge in [-0.25, -0.2) is 9.97 Å². The Labute approximate surface area is 122 Å². The fourth-order valence-electron chi connectivity index (χ4n) is 1.92. The average molecular weight is 284 g/mol. The van der Waals surface area contributed by atoms with Crippen LogP contribution in [0.4, 0.5) is 5.82 Å². The molecule has 0 fully saturated rings. The molecule has 1 aromatic rings. The molecule has 0 saturated carbocycles. The maximum absolute atomic E-state index is 6.15. The van der Waals surface area contributed by atoms with E-state index in [0.717, 1.165) is 42.5 Å². The molecule has 108 valence electrons. The van der Waals surface area contributed by atoms with Gasteiger partial charge in [0.25, 0.3) is 0 Å². The highest BCUT2D eigenvalue weighted by molar-refractivity contribution is 6.30. The molecule has 1 heterocycles. The second kappa shape index (κ2) is 8.36. The molecule has 1 aromatic heterocycles. The molecule has 0 unspecified atom stereocenters. The smallest absolute Gasteiger partial charge is 0.137 e. The summed E-state index contributed by atoms with van der Waals surface area (Å²) in [5.41, 5.74) is 0.949. The highest BCUT2D eigenvalue weighted by Gasteiger charge is 2.08. The molecule has 0 saturated heterocycles. The third-order valence-electron chi connectivity index (χ3n) is 3.11. The van der Waals surface area contributed by atoms with Gasteiger partial charge in [-0.05, 0) is 25.7 Å². The molecule has 0 aliphatic carbocycles. The van der Waals surface area contributed by atoms with E-state index in [2.05, 4.69) is 36.1 Å². The minimum Gasteiger partial charge on any atom is -0.370 e. The molecule has 0 aliphatic rings. The molecular formula is C15H26ClN3. The zero-order valence-electron chi connectivity index (χ0n) is 12.6. The van der Waals surface area contributed by atoms with Gasteiger partial charge in [0.1, 0.15) is 16.8 Å². The summed E-state index contributed by atoms with van der Waals surface area (Å²) in [6.45, 7) is 9.56. The number of anilines is 1. The lowest BCUT2D eigenvalue weighted by molar-refractivity contribution is 0.544. The molecule has 0 radical (unpaired) electrons. The van der Waals surface area contributed by atoms with Gasteiger partial charge >= 0.3 is 0 Å². The first-order valence-electron chi connectivity index (χ1n) is 7.31. The predicted molar refractivity (Wildman–Crippen MR) is 83.0 cm³/mol. The van der Waals surface area contributed by atoms with Crippen LogP contribution >= 0.6 is 11.6 Å². The van der Waals surface area contributed by atoms with Gasteiger partial charge in [-0.1, -0.05) is 45.2 Å². The van der Waals surface area contributed by atoms with E-state index in [1.54, 1.807) is 0 Å². The van der Waals surface area contributed by atoms with E-state index in [9.17, 15) is 0 Å². The van der Waals surface area contributed by atoms with Crippen LogP contribution in [0.1, 0.15) is 57.8 Å². The second-order valence-electron chi connectivity index (χ2n) is 5.47. The van der Waals surface area contributed by atoms with Crippen LogP contribution in [0.2, 0.25) is 5.15 Å². The highest BCUT2D eigenvalue weighted by Crippen LogP contribution is 2.20. The third kappa shape index (κ3) is 5.77. The summed E-state index contributed by atoms with van der Waals surface area (Å²) >= 11 is 6.15. The zero-order valence-corrected chi connectivity index (χ0v) is 13.3. The van der Waals surface area contributed by atoms with Crippen LogP contribution in [-0.4, -0.2) is 16.5 Å². The number of aryl methyl sites for hydroxylation is 1. The first kappa shape index (κ1) is 16.2. The Morgan fingerprint density at radius 1 is 1.21 bits per heavy atom. The fourth-order valence-corrected chi connectivity index (χ4v) is 2.11. The Morgan fingerprint density at radius 3 is 2.58 bits per heavy atom. The fraction of sp³-hybridized carbons (Fsp3) is 0.733. The van der Waals surface area contributed by atoms with Crippen molar-refractivity contribution in [2.75, 3.05) is 11.9 Å². The van der Waals surface area contributed by atoms with E-state index < -0.39 is 0 Å². The molecule has 1 N–H and O–H groups in total. The van der Waals surface area contributed by atoms with E-state index in [0.29, 0.717) is 5.15 Å². The van der Waals surface area contributed by atoms with Crippen LogP contribution in [-0.2, 0) is 6.42 Å². The molecule has 0 atom stereocenters. The van der Waals surface area contributed by atoms with Crippen LogP contribution in [0.15, 0.2) is 0 Å². The summed E-state index contributed by atoms with van der Waals surface area (Å²) in [5, 5.41) is 3.96.